The molecule has 1 fully saturated rings. The predicted molar refractivity (Wildman–Crippen MR) is 79.3 cm³/mol. The largest absolute Gasteiger partial charge is 0.328 e. The van der Waals surface area contributed by atoms with E-state index in [2.05, 4.69) is 16.8 Å². The Hall–Kier alpha value is -1.42. The van der Waals surface area contributed by atoms with Crippen LogP contribution in [0.15, 0.2) is 18.2 Å². The van der Waals surface area contributed by atoms with Gasteiger partial charge in [0.1, 0.15) is 11.6 Å². The Balaban J connectivity index is 1.93. The highest BCUT2D eigenvalue weighted by Crippen LogP contribution is 2.22. The quantitative estimate of drug-likeness (QED) is 0.929. The Morgan fingerprint density at radius 1 is 1.45 bits per heavy atom. The van der Waals surface area contributed by atoms with Crippen LogP contribution in [-0.4, -0.2) is 22.6 Å². The average molecular weight is 275 g/mol. The summed E-state index contributed by atoms with van der Waals surface area (Å²) < 4.78 is 15.7. The van der Waals surface area contributed by atoms with Crippen LogP contribution in [0.2, 0.25) is 0 Å². The van der Waals surface area contributed by atoms with Gasteiger partial charge >= 0.3 is 0 Å². The van der Waals surface area contributed by atoms with Crippen molar-refractivity contribution in [1.82, 2.24) is 14.9 Å². The number of hydrogen-bond acceptors (Lipinski definition) is 2. The molecular formula is C16H22FN3. The lowest BCUT2D eigenvalue weighted by Crippen LogP contribution is -2.31. The number of hydrogen-bond donors (Lipinski definition) is 1. The van der Waals surface area contributed by atoms with Gasteiger partial charge < -0.3 is 9.88 Å². The normalized spacial score (nSPS) is 19.6. The molecule has 3 nitrogen and oxygen atoms in total. The van der Waals surface area contributed by atoms with Gasteiger partial charge in [0.2, 0.25) is 0 Å². The third-order valence-electron chi connectivity index (χ3n) is 4.11. The highest BCUT2D eigenvalue weighted by molar-refractivity contribution is 5.76. The Morgan fingerprint density at radius 3 is 3.10 bits per heavy atom. The molecule has 3 rings (SSSR count). The number of imidazole rings is 1. The van der Waals surface area contributed by atoms with Gasteiger partial charge in [0.05, 0.1) is 11.0 Å². The number of aryl methyl sites for hydroxylation is 1. The van der Waals surface area contributed by atoms with Crippen LogP contribution < -0.4 is 5.32 Å². The molecule has 1 N–H and O–H groups in total. The van der Waals surface area contributed by atoms with Gasteiger partial charge in [0.25, 0.3) is 0 Å². The summed E-state index contributed by atoms with van der Waals surface area (Å²) in [4.78, 5) is 4.74. The molecule has 0 bridgehead atoms. The van der Waals surface area contributed by atoms with Gasteiger partial charge in [-0.25, -0.2) is 9.37 Å². The monoisotopic (exact) mass is 275 g/mol. The van der Waals surface area contributed by atoms with Crippen molar-refractivity contribution in [3.63, 3.8) is 0 Å². The minimum absolute atomic E-state index is 0.180. The first-order valence-corrected chi connectivity index (χ1v) is 7.63. The first-order valence-electron chi connectivity index (χ1n) is 7.63. The highest BCUT2D eigenvalue weighted by Gasteiger charge is 2.18. The van der Waals surface area contributed by atoms with E-state index in [1.807, 2.05) is 0 Å². The maximum atomic E-state index is 13.5. The number of benzene rings is 1. The zero-order valence-corrected chi connectivity index (χ0v) is 12.0. The lowest BCUT2D eigenvalue weighted by Gasteiger charge is -2.22. The van der Waals surface area contributed by atoms with Crippen LogP contribution in [0, 0.1) is 11.7 Å². The SMILES string of the molecule is CCCn1c(CC2CCCNC2)nc2ccc(F)cc21. The van der Waals surface area contributed by atoms with E-state index in [1.165, 1.54) is 18.9 Å². The lowest BCUT2D eigenvalue weighted by atomic mass is 9.96. The molecule has 0 amide bonds. The van der Waals surface area contributed by atoms with Crippen LogP contribution in [0.3, 0.4) is 0 Å². The van der Waals surface area contributed by atoms with Crippen molar-refractivity contribution in [3.8, 4) is 0 Å². The molecule has 1 atom stereocenters. The number of fused-ring (bicyclic) bond motifs is 1. The van der Waals surface area contributed by atoms with E-state index in [0.29, 0.717) is 5.92 Å². The molecule has 108 valence electrons. The van der Waals surface area contributed by atoms with Gasteiger partial charge in [-0.3, -0.25) is 0 Å². The molecule has 0 saturated carbocycles. The molecule has 1 unspecified atom stereocenters. The third-order valence-corrected chi connectivity index (χ3v) is 4.11. The number of rotatable bonds is 4. The Morgan fingerprint density at radius 2 is 2.35 bits per heavy atom. The summed E-state index contributed by atoms with van der Waals surface area (Å²) in [5.74, 6) is 1.59. The Bertz CT molecular complexity index is 585. The van der Waals surface area contributed by atoms with Crippen molar-refractivity contribution >= 4 is 11.0 Å². The number of aromatic nitrogens is 2. The number of nitrogens with zero attached hydrogens (tertiary/aromatic N) is 2. The van der Waals surface area contributed by atoms with Gasteiger partial charge in [0, 0.05) is 13.0 Å². The van der Waals surface area contributed by atoms with Crippen LogP contribution >= 0.6 is 0 Å². The van der Waals surface area contributed by atoms with Crippen molar-refractivity contribution in [2.75, 3.05) is 13.1 Å². The van der Waals surface area contributed by atoms with Crippen molar-refractivity contribution in [2.45, 2.75) is 39.2 Å². The predicted octanol–water partition coefficient (Wildman–Crippen LogP) is 3.13. The van der Waals surface area contributed by atoms with Gasteiger partial charge in [-0.05, 0) is 56.5 Å². The van der Waals surface area contributed by atoms with Gasteiger partial charge in [0.15, 0.2) is 0 Å². The molecular weight excluding hydrogens is 253 g/mol. The fraction of sp³-hybridized carbons (Fsp3) is 0.562. The summed E-state index contributed by atoms with van der Waals surface area (Å²) in [5.41, 5.74) is 1.85. The third kappa shape index (κ3) is 2.70. The smallest absolute Gasteiger partial charge is 0.125 e. The van der Waals surface area contributed by atoms with E-state index in [4.69, 9.17) is 4.98 Å². The van der Waals surface area contributed by atoms with Crippen molar-refractivity contribution < 1.29 is 4.39 Å². The number of piperidine rings is 1. The molecule has 1 aliphatic rings. The second-order valence-corrected chi connectivity index (χ2v) is 5.73. The lowest BCUT2D eigenvalue weighted by molar-refractivity contribution is 0.366. The van der Waals surface area contributed by atoms with Crippen LogP contribution in [0.4, 0.5) is 4.39 Å². The standard InChI is InChI=1S/C16H22FN3/c1-2-8-20-15-10-13(17)5-6-14(15)19-16(20)9-12-4-3-7-18-11-12/h5-6,10,12,18H,2-4,7-9,11H2,1H3. The van der Waals surface area contributed by atoms with E-state index in [0.717, 1.165) is 49.3 Å². The first-order chi connectivity index (χ1) is 9.78. The van der Waals surface area contributed by atoms with E-state index in [9.17, 15) is 4.39 Å². The van der Waals surface area contributed by atoms with Crippen molar-refractivity contribution in [1.29, 1.82) is 0 Å². The molecule has 2 aromatic rings. The molecule has 1 saturated heterocycles. The second-order valence-electron chi connectivity index (χ2n) is 5.73. The summed E-state index contributed by atoms with van der Waals surface area (Å²) in [6.07, 6.45) is 4.53. The maximum Gasteiger partial charge on any atom is 0.125 e. The summed E-state index contributed by atoms with van der Waals surface area (Å²) >= 11 is 0. The minimum Gasteiger partial charge on any atom is -0.328 e. The van der Waals surface area contributed by atoms with Gasteiger partial charge in [-0.2, -0.15) is 0 Å². The molecule has 2 heterocycles. The zero-order valence-electron chi connectivity index (χ0n) is 12.0. The topological polar surface area (TPSA) is 29.9 Å². The average Bonchev–Trinajstić information content (AvgIpc) is 2.78. The molecule has 0 radical (unpaired) electrons. The number of halogens is 1. The molecule has 1 aliphatic heterocycles. The molecule has 1 aromatic carbocycles. The molecule has 20 heavy (non-hydrogen) atoms. The van der Waals surface area contributed by atoms with Crippen molar-refractivity contribution in [3.05, 3.63) is 29.8 Å². The van der Waals surface area contributed by atoms with E-state index < -0.39 is 0 Å². The summed E-state index contributed by atoms with van der Waals surface area (Å²) in [5, 5.41) is 3.45. The maximum absolute atomic E-state index is 13.5. The molecule has 4 heteroatoms. The molecule has 1 aromatic heterocycles. The zero-order chi connectivity index (χ0) is 13.9. The number of nitrogens with one attached hydrogen (secondary N) is 1. The van der Waals surface area contributed by atoms with E-state index >= 15 is 0 Å². The Kier molecular flexibility index (Phi) is 4.01. The van der Waals surface area contributed by atoms with Crippen LogP contribution in [0.25, 0.3) is 11.0 Å². The fourth-order valence-corrected chi connectivity index (χ4v) is 3.13. The minimum atomic E-state index is -0.180. The van der Waals surface area contributed by atoms with Crippen molar-refractivity contribution in [2.24, 2.45) is 5.92 Å². The molecule has 0 spiro atoms. The van der Waals surface area contributed by atoms with Gasteiger partial charge in [-0.15, -0.1) is 0 Å². The molecule has 0 aliphatic carbocycles. The van der Waals surface area contributed by atoms with Crippen LogP contribution in [-0.2, 0) is 13.0 Å². The summed E-state index contributed by atoms with van der Waals surface area (Å²) in [7, 11) is 0. The summed E-state index contributed by atoms with van der Waals surface area (Å²) in [6.45, 7) is 5.27. The summed E-state index contributed by atoms with van der Waals surface area (Å²) in [6, 6.07) is 4.90. The first kappa shape index (κ1) is 13.6. The van der Waals surface area contributed by atoms with Crippen LogP contribution in [0.5, 0.6) is 0 Å². The Labute approximate surface area is 119 Å². The second kappa shape index (κ2) is 5.92. The van der Waals surface area contributed by atoms with E-state index in [1.54, 1.807) is 12.1 Å². The van der Waals surface area contributed by atoms with Crippen LogP contribution in [0.1, 0.15) is 32.0 Å². The van der Waals surface area contributed by atoms with E-state index in [-0.39, 0.29) is 5.82 Å². The highest BCUT2D eigenvalue weighted by atomic mass is 19.1. The fourth-order valence-electron chi connectivity index (χ4n) is 3.13. The van der Waals surface area contributed by atoms with Gasteiger partial charge in [-0.1, -0.05) is 6.92 Å².